The fourth-order valence-corrected chi connectivity index (χ4v) is 4.19. The second kappa shape index (κ2) is 9.63. The first-order valence-corrected chi connectivity index (χ1v) is 10.7. The fourth-order valence-electron chi connectivity index (χ4n) is 4.19. The van der Waals surface area contributed by atoms with Crippen molar-refractivity contribution in [1.29, 1.82) is 5.26 Å². The number of aliphatic carboxylic acids is 1. The minimum absolute atomic E-state index is 0.0520. The molecule has 2 aromatic carbocycles. The zero-order chi connectivity index (χ0) is 22.5. The maximum absolute atomic E-state index is 11.1. The summed E-state index contributed by atoms with van der Waals surface area (Å²) in [5, 5.41) is 18.1. The van der Waals surface area contributed by atoms with Crippen LogP contribution in [0.1, 0.15) is 54.4 Å². The lowest BCUT2D eigenvalue weighted by Gasteiger charge is -2.18. The second-order valence-electron chi connectivity index (χ2n) is 7.67. The van der Waals surface area contributed by atoms with Crippen molar-refractivity contribution >= 4 is 5.97 Å². The summed E-state index contributed by atoms with van der Waals surface area (Å²) in [6.45, 7) is 2.30. The molecule has 0 fully saturated rings. The molecule has 1 aliphatic rings. The van der Waals surface area contributed by atoms with Crippen molar-refractivity contribution in [2.45, 2.75) is 38.4 Å². The molecule has 0 spiro atoms. The summed E-state index contributed by atoms with van der Waals surface area (Å²) in [7, 11) is 0. The van der Waals surface area contributed by atoms with E-state index in [0.717, 1.165) is 40.8 Å². The molecule has 1 aliphatic carbocycles. The molecule has 0 amide bonds. The minimum atomic E-state index is -0.889. The molecule has 0 aliphatic heterocycles. The van der Waals surface area contributed by atoms with E-state index in [1.165, 1.54) is 5.56 Å². The van der Waals surface area contributed by atoms with Crippen molar-refractivity contribution in [2.75, 3.05) is 6.61 Å². The number of pyridine rings is 1. The minimum Gasteiger partial charge on any atom is -0.486 e. The average molecular weight is 428 g/mol. The van der Waals surface area contributed by atoms with E-state index in [4.69, 9.17) is 19.8 Å². The molecule has 0 bridgehead atoms. The number of nitrogens with zero attached hydrogens (tertiary/aromatic N) is 2. The molecule has 2 atom stereocenters. The highest BCUT2D eigenvalue weighted by Gasteiger charge is 2.27. The number of carbonyl (C=O) groups is 1. The lowest BCUT2D eigenvalue weighted by molar-refractivity contribution is -0.140. The van der Waals surface area contributed by atoms with Crippen LogP contribution in [0.5, 0.6) is 5.75 Å². The number of carboxylic acid groups (broad SMARTS) is 1. The van der Waals surface area contributed by atoms with Crippen molar-refractivity contribution in [2.24, 2.45) is 0 Å². The summed E-state index contributed by atoms with van der Waals surface area (Å²) in [5.74, 6) is -0.151. The number of ether oxygens (including phenoxy) is 2. The summed E-state index contributed by atoms with van der Waals surface area (Å²) in [5.41, 5.74) is 5.75. The first kappa shape index (κ1) is 21.5. The molecule has 1 N–H and O–H groups in total. The largest absolute Gasteiger partial charge is 0.486 e. The molecule has 3 aromatic rings. The number of hydrogen-bond acceptors (Lipinski definition) is 5. The van der Waals surface area contributed by atoms with Gasteiger partial charge in [0.1, 0.15) is 23.6 Å². The van der Waals surface area contributed by atoms with Crippen LogP contribution in [0.4, 0.5) is 0 Å². The smallest absolute Gasteiger partial charge is 0.306 e. The summed E-state index contributed by atoms with van der Waals surface area (Å²) < 4.78 is 11.9. The van der Waals surface area contributed by atoms with Gasteiger partial charge in [0.25, 0.3) is 0 Å². The van der Waals surface area contributed by atoms with Crippen LogP contribution in [0.3, 0.4) is 0 Å². The van der Waals surface area contributed by atoms with Crippen LogP contribution >= 0.6 is 0 Å². The van der Waals surface area contributed by atoms with Crippen molar-refractivity contribution in [1.82, 2.24) is 4.98 Å². The third kappa shape index (κ3) is 4.63. The van der Waals surface area contributed by atoms with E-state index < -0.39 is 12.1 Å². The SMILES string of the molecule is CCO[C@@H](CC(=O)O)c1ccc(O[C@@H]2CCc3c(-c4ccc(C#N)nc4)cccc32)cc1. The lowest BCUT2D eigenvalue weighted by atomic mass is 9.97. The van der Waals surface area contributed by atoms with Gasteiger partial charge in [-0.1, -0.05) is 30.3 Å². The van der Waals surface area contributed by atoms with Gasteiger partial charge in [-0.3, -0.25) is 4.79 Å². The summed E-state index contributed by atoms with van der Waals surface area (Å²) in [6.07, 6.45) is 2.92. The average Bonchev–Trinajstić information content (AvgIpc) is 3.22. The molecular formula is C26H24N2O4. The summed E-state index contributed by atoms with van der Waals surface area (Å²) >= 11 is 0. The Balaban J connectivity index is 1.52. The zero-order valence-electron chi connectivity index (χ0n) is 17.8. The number of hydrogen-bond donors (Lipinski definition) is 1. The quantitative estimate of drug-likeness (QED) is 0.527. The third-order valence-electron chi connectivity index (χ3n) is 5.66. The Kier molecular flexibility index (Phi) is 6.48. The molecule has 32 heavy (non-hydrogen) atoms. The second-order valence-corrected chi connectivity index (χ2v) is 7.67. The summed E-state index contributed by atoms with van der Waals surface area (Å²) in [6, 6.07) is 19.4. The van der Waals surface area contributed by atoms with Gasteiger partial charge in [0.2, 0.25) is 0 Å². The van der Waals surface area contributed by atoms with E-state index >= 15 is 0 Å². The predicted octanol–water partition coefficient (Wildman–Crippen LogP) is 5.24. The molecule has 0 radical (unpaired) electrons. The van der Waals surface area contributed by atoms with Crippen molar-refractivity contribution in [3.63, 3.8) is 0 Å². The van der Waals surface area contributed by atoms with Crippen LogP contribution in [0, 0.1) is 11.3 Å². The van der Waals surface area contributed by atoms with Crippen LogP contribution in [0.15, 0.2) is 60.8 Å². The molecule has 0 saturated heterocycles. The highest BCUT2D eigenvalue weighted by molar-refractivity contribution is 5.69. The molecule has 4 rings (SSSR count). The van der Waals surface area contributed by atoms with E-state index in [9.17, 15) is 4.79 Å². The molecule has 1 aromatic heterocycles. The molecule has 0 saturated carbocycles. The van der Waals surface area contributed by atoms with E-state index in [0.29, 0.717) is 12.3 Å². The number of fused-ring (bicyclic) bond motifs is 1. The first-order chi connectivity index (χ1) is 15.6. The Bertz CT molecular complexity index is 1130. The van der Waals surface area contributed by atoms with Gasteiger partial charge in [-0.15, -0.1) is 0 Å². The fraction of sp³-hybridized carbons (Fsp3) is 0.269. The van der Waals surface area contributed by atoms with Crippen LogP contribution in [0.2, 0.25) is 0 Å². The number of carboxylic acids is 1. The highest BCUT2D eigenvalue weighted by Crippen LogP contribution is 2.40. The molecule has 1 heterocycles. The van der Waals surface area contributed by atoms with Gasteiger partial charge in [-0.2, -0.15) is 5.26 Å². The Hall–Kier alpha value is -3.69. The monoisotopic (exact) mass is 428 g/mol. The van der Waals surface area contributed by atoms with E-state index in [-0.39, 0.29) is 12.5 Å². The predicted molar refractivity (Wildman–Crippen MR) is 119 cm³/mol. The zero-order valence-corrected chi connectivity index (χ0v) is 17.8. The van der Waals surface area contributed by atoms with Gasteiger partial charge in [-0.25, -0.2) is 4.98 Å². The molecule has 6 nitrogen and oxygen atoms in total. The van der Waals surface area contributed by atoms with Crippen LogP contribution in [0.25, 0.3) is 11.1 Å². The van der Waals surface area contributed by atoms with Gasteiger partial charge < -0.3 is 14.6 Å². The number of rotatable bonds is 8. The Morgan fingerprint density at radius 3 is 2.69 bits per heavy atom. The first-order valence-electron chi connectivity index (χ1n) is 10.7. The van der Waals surface area contributed by atoms with Crippen LogP contribution in [-0.4, -0.2) is 22.7 Å². The standard InChI is InChI=1S/C26H24N2O4/c1-2-31-25(14-26(29)30)17-7-10-20(11-8-17)32-24-13-12-22-21(4-3-5-23(22)24)18-6-9-19(15-27)28-16-18/h3-11,16,24-25H,2,12-14H2,1H3,(H,29,30)/t24-,25+/m1/s1. The molecule has 0 unspecified atom stereocenters. The third-order valence-corrected chi connectivity index (χ3v) is 5.66. The van der Waals surface area contributed by atoms with Crippen LogP contribution in [-0.2, 0) is 16.0 Å². The Labute approximate surface area is 187 Å². The normalized spacial score (nSPS) is 15.6. The topological polar surface area (TPSA) is 92.4 Å². The van der Waals surface area contributed by atoms with Gasteiger partial charge in [-0.05, 0) is 66.3 Å². The van der Waals surface area contributed by atoms with Crippen LogP contribution < -0.4 is 4.74 Å². The van der Waals surface area contributed by atoms with Gasteiger partial charge in [0.05, 0.1) is 12.5 Å². The molecule has 6 heteroatoms. The number of benzene rings is 2. The van der Waals surface area contributed by atoms with Crippen molar-refractivity contribution in [3.8, 4) is 22.9 Å². The van der Waals surface area contributed by atoms with Crippen molar-refractivity contribution < 1.29 is 19.4 Å². The summed E-state index contributed by atoms with van der Waals surface area (Å²) in [4.78, 5) is 15.3. The van der Waals surface area contributed by atoms with E-state index in [1.807, 2.05) is 43.3 Å². The Morgan fingerprint density at radius 1 is 1.22 bits per heavy atom. The maximum atomic E-state index is 11.1. The van der Waals surface area contributed by atoms with Gasteiger partial charge in [0, 0.05) is 18.4 Å². The molecule has 162 valence electrons. The van der Waals surface area contributed by atoms with Gasteiger partial charge >= 0.3 is 5.97 Å². The van der Waals surface area contributed by atoms with E-state index in [2.05, 4.69) is 23.2 Å². The van der Waals surface area contributed by atoms with E-state index in [1.54, 1.807) is 12.3 Å². The van der Waals surface area contributed by atoms with Crippen molar-refractivity contribution in [3.05, 3.63) is 83.2 Å². The maximum Gasteiger partial charge on any atom is 0.306 e. The Morgan fingerprint density at radius 2 is 2.03 bits per heavy atom. The number of nitriles is 1. The van der Waals surface area contributed by atoms with Gasteiger partial charge in [0.15, 0.2) is 0 Å². The highest BCUT2D eigenvalue weighted by atomic mass is 16.5. The molecular weight excluding hydrogens is 404 g/mol. The lowest BCUT2D eigenvalue weighted by Crippen LogP contribution is -2.10. The number of aromatic nitrogens is 1.